The Kier molecular flexibility index (Phi) is 6.88. The first-order valence-electron chi connectivity index (χ1n) is 7.40. The van der Waals surface area contributed by atoms with Crippen molar-refractivity contribution in [2.24, 2.45) is 0 Å². The Labute approximate surface area is 126 Å². The highest BCUT2D eigenvalue weighted by atomic mass is 16.2. The summed E-state index contributed by atoms with van der Waals surface area (Å²) in [5.41, 5.74) is 2.49. The van der Waals surface area contributed by atoms with E-state index in [0.29, 0.717) is 0 Å². The van der Waals surface area contributed by atoms with Crippen LogP contribution >= 0.6 is 0 Å². The van der Waals surface area contributed by atoms with Gasteiger partial charge in [-0.2, -0.15) is 0 Å². The number of hydrogen-bond acceptors (Lipinski definition) is 2. The number of carbonyl (C=O) groups is 2. The summed E-state index contributed by atoms with van der Waals surface area (Å²) in [5, 5.41) is 4.97. The van der Waals surface area contributed by atoms with Gasteiger partial charge >= 0.3 is 6.03 Å². The number of nitrogens with one attached hydrogen (secondary N) is 3. The molecule has 0 aromatic heterocycles. The van der Waals surface area contributed by atoms with Crippen LogP contribution in [0.25, 0.3) is 0 Å². The first-order chi connectivity index (χ1) is 9.90. The van der Waals surface area contributed by atoms with Crippen molar-refractivity contribution in [2.75, 3.05) is 13.6 Å². The van der Waals surface area contributed by atoms with E-state index in [9.17, 15) is 9.59 Å². The highest BCUT2D eigenvalue weighted by molar-refractivity contribution is 5.94. The van der Waals surface area contributed by atoms with Crippen LogP contribution in [0, 0.1) is 0 Å². The quantitative estimate of drug-likeness (QED) is 0.715. The molecule has 3 N–H and O–H groups in total. The molecular weight excluding hydrogens is 266 g/mol. The lowest BCUT2D eigenvalue weighted by Crippen LogP contribution is -3.09. The van der Waals surface area contributed by atoms with Crippen molar-refractivity contribution in [3.05, 3.63) is 35.4 Å². The van der Waals surface area contributed by atoms with E-state index >= 15 is 0 Å². The number of imide groups is 1. The van der Waals surface area contributed by atoms with Crippen LogP contribution in [0.4, 0.5) is 4.79 Å². The summed E-state index contributed by atoms with van der Waals surface area (Å²) in [5.74, 6) is -0.268. The SMILES string of the molecule is CCc1ccc(C[NH+](C)CC(=O)NC(=O)NC(C)C)cc1. The van der Waals surface area contributed by atoms with Crippen LogP contribution in [0.5, 0.6) is 0 Å². The fourth-order valence-corrected chi connectivity index (χ4v) is 2.05. The molecule has 0 aliphatic rings. The van der Waals surface area contributed by atoms with Gasteiger partial charge in [0.05, 0.1) is 7.05 Å². The number of likely N-dealkylation sites (N-methyl/N-ethyl adjacent to an activating group) is 1. The molecule has 0 spiro atoms. The Morgan fingerprint density at radius 1 is 1.14 bits per heavy atom. The first kappa shape index (κ1) is 17.2. The number of urea groups is 1. The second-order valence-electron chi connectivity index (χ2n) is 5.66. The van der Waals surface area contributed by atoms with Crippen LogP contribution in [0.15, 0.2) is 24.3 Å². The second kappa shape index (κ2) is 8.42. The molecule has 0 radical (unpaired) electrons. The fourth-order valence-electron chi connectivity index (χ4n) is 2.05. The summed E-state index contributed by atoms with van der Waals surface area (Å²) in [7, 11) is 1.94. The van der Waals surface area contributed by atoms with E-state index in [1.54, 1.807) is 0 Å². The van der Waals surface area contributed by atoms with Gasteiger partial charge in [0.15, 0.2) is 6.54 Å². The minimum Gasteiger partial charge on any atom is -0.336 e. The van der Waals surface area contributed by atoms with Crippen molar-refractivity contribution >= 4 is 11.9 Å². The van der Waals surface area contributed by atoms with Gasteiger partial charge in [0, 0.05) is 11.6 Å². The Bertz CT molecular complexity index is 469. The predicted octanol–water partition coefficient (Wildman–Crippen LogP) is 0.498. The molecule has 1 aromatic carbocycles. The number of quaternary nitrogens is 1. The summed E-state index contributed by atoms with van der Waals surface area (Å²) < 4.78 is 0. The van der Waals surface area contributed by atoms with E-state index < -0.39 is 6.03 Å². The van der Waals surface area contributed by atoms with E-state index in [4.69, 9.17) is 0 Å². The summed E-state index contributed by atoms with van der Waals surface area (Å²) in [6, 6.07) is 7.98. The minimum absolute atomic E-state index is 0.0138. The van der Waals surface area contributed by atoms with Gasteiger partial charge in [-0.05, 0) is 25.8 Å². The molecule has 1 atom stereocenters. The third-order valence-corrected chi connectivity index (χ3v) is 3.07. The van der Waals surface area contributed by atoms with E-state index in [2.05, 4.69) is 41.8 Å². The number of rotatable bonds is 6. The molecular formula is C16H26N3O2+. The fraction of sp³-hybridized carbons (Fsp3) is 0.500. The molecule has 3 amide bonds. The third kappa shape index (κ3) is 6.90. The van der Waals surface area contributed by atoms with Crippen LogP contribution in [-0.2, 0) is 17.8 Å². The molecule has 21 heavy (non-hydrogen) atoms. The van der Waals surface area contributed by atoms with Crippen LogP contribution in [0.2, 0.25) is 0 Å². The standard InChI is InChI=1S/C16H25N3O2/c1-5-13-6-8-14(9-7-13)10-19(4)11-15(20)18-16(21)17-12(2)3/h6-9,12H,5,10-11H2,1-4H3,(H2,17,18,20,21)/p+1. The van der Waals surface area contributed by atoms with Crippen molar-refractivity contribution in [3.8, 4) is 0 Å². The molecule has 0 bridgehead atoms. The maximum absolute atomic E-state index is 11.7. The van der Waals surface area contributed by atoms with Gasteiger partial charge in [0.1, 0.15) is 6.54 Å². The number of carbonyl (C=O) groups excluding carboxylic acids is 2. The van der Waals surface area contributed by atoms with Crippen molar-refractivity contribution in [1.29, 1.82) is 0 Å². The molecule has 0 aliphatic carbocycles. The number of amides is 3. The smallest absolute Gasteiger partial charge is 0.321 e. The van der Waals surface area contributed by atoms with Crippen molar-refractivity contribution < 1.29 is 14.5 Å². The summed E-state index contributed by atoms with van der Waals surface area (Å²) >= 11 is 0. The lowest BCUT2D eigenvalue weighted by atomic mass is 10.1. The molecule has 116 valence electrons. The van der Waals surface area contributed by atoms with Gasteiger partial charge in [-0.1, -0.05) is 31.2 Å². The molecule has 0 aliphatic heterocycles. The summed E-state index contributed by atoms with van der Waals surface area (Å²) in [6.45, 7) is 6.84. The maximum atomic E-state index is 11.7. The summed E-state index contributed by atoms with van der Waals surface area (Å²) in [4.78, 5) is 24.2. The highest BCUT2D eigenvalue weighted by Crippen LogP contribution is 2.03. The second-order valence-corrected chi connectivity index (χ2v) is 5.66. The van der Waals surface area contributed by atoms with E-state index in [0.717, 1.165) is 17.9 Å². The van der Waals surface area contributed by atoms with Crippen molar-refractivity contribution in [1.82, 2.24) is 10.6 Å². The Hall–Kier alpha value is -1.88. The average Bonchev–Trinajstić information content (AvgIpc) is 2.37. The highest BCUT2D eigenvalue weighted by Gasteiger charge is 2.13. The largest absolute Gasteiger partial charge is 0.336 e. The average molecular weight is 292 g/mol. The Morgan fingerprint density at radius 3 is 2.24 bits per heavy atom. The number of aryl methyl sites for hydroxylation is 1. The third-order valence-electron chi connectivity index (χ3n) is 3.07. The van der Waals surface area contributed by atoms with Gasteiger partial charge in [-0.3, -0.25) is 10.1 Å². The van der Waals surface area contributed by atoms with Gasteiger partial charge < -0.3 is 10.2 Å². The molecule has 5 heteroatoms. The van der Waals surface area contributed by atoms with Gasteiger partial charge in [-0.15, -0.1) is 0 Å². The molecule has 5 nitrogen and oxygen atoms in total. The first-order valence-corrected chi connectivity index (χ1v) is 7.40. The molecule has 1 aromatic rings. The number of hydrogen-bond donors (Lipinski definition) is 3. The molecule has 0 saturated carbocycles. The topological polar surface area (TPSA) is 62.6 Å². The number of benzene rings is 1. The van der Waals surface area contributed by atoms with E-state index in [-0.39, 0.29) is 18.5 Å². The lowest BCUT2D eigenvalue weighted by molar-refractivity contribution is -0.885. The van der Waals surface area contributed by atoms with Gasteiger partial charge in [0.25, 0.3) is 5.91 Å². The predicted molar refractivity (Wildman–Crippen MR) is 83.1 cm³/mol. The normalized spacial score (nSPS) is 12.0. The molecule has 0 saturated heterocycles. The summed E-state index contributed by atoms with van der Waals surface area (Å²) in [6.07, 6.45) is 1.02. The van der Waals surface area contributed by atoms with Gasteiger partial charge in [0.2, 0.25) is 0 Å². The molecule has 0 heterocycles. The zero-order chi connectivity index (χ0) is 15.8. The Morgan fingerprint density at radius 2 is 1.71 bits per heavy atom. The Balaban J connectivity index is 2.39. The lowest BCUT2D eigenvalue weighted by Gasteiger charge is -2.14. The van der Waals surface area contributed by atoms with Crippen molar-refractivity contribution in [3.63, 3.8) is 0 Å². The van der Waals surface area contributed by atoms with Gasteiger partial charge in [-0.25, -0.2) is 4.79 Å². The van der Waals surface area contributed by atoms with Crippen LogP contribution in [0.3, 0.4) is 0 Å². The van der Waals surface area contributed by atoms with E-state index in [1.165, 1.54) is 11.1 Å². The maximum Gasteiger partial charge on any atom is 0.321 e. The zero-order valence-corrected chi connectivity index (χ0v) is 13.3. The zero-order valence-electron chi connectivity index (χ0n) is 13.3. The van der Waals surface area contributed by atoms with E-state index in [1.807, 2.05) is 20.9 Å². The van der Waals surface area contributed by atoms with Crippen LogP contribution in [-0.4, -0.2) is 31.6 Å². The monoisotopic (exact) mass is 292 g/mol. The molecule has 1 unspecified atom stereocenters. The van der Waals surface area contributed by atoms with Crippen LogP contribution < -0.4 is 15.5 Å². The van der Waals surface area contributed by atoms with Crippen LogP contribution in [0.1, 0.15) is 31.9 Å². The molecule has 0 fully saturated rings. The molecule has 1 rings (SSSR count). The minimum atomic E-state index is -0.435. The van der Waals surface area contributed by atoms with Crippen molar-refractivity contribution in [2.45, 2.75) is 39.8 Å².